The zero-order chi connectivity index (χ0) is 18.2. The van der Waals surface area contributed by atoms with Crippen LogP contribution in [-0.2, 0) is 0 Å². The van der Waals surface area contributed by atoms with E-state index in [-0.39, 0.29) is 0 Å². The van der Waals surface area contributed by atoms with Gasteiger partial charge in [0, 0.05) is 16.1 Å². The Hall–Kier alpha value is -3.44. The van der Waals surface area contributed by atoms with Gasteiger partial charge in [0.1, 0.15) is 12.1 Å². The van der Waals surface area contributed by atoms with Crippen LogP contribution in [0.25, 0.3) is 27.5 Å². The van der Waals surface area contributed by atoms with E-state index in [0.717, 1.165) is 33.6 Å². The van der Waals surface area contributed by atoms with Crippen LogP contribution in [0.2, 0.25) is 5.02 Å². The number of halogens is 1. The number of hydrogen-bond acceptors (Lipinski definition) is 4. The molecule has 0 aliphatic heterocycles. The van der Waals surface area contributed by atoms with Gasteiger partial charge < -0.3 is 5.32 Å². The smallest absolute Gasteiger partial charge is 0.168 e. The first kappa shape index (κ1) is 15.8. The fraction of sp³-hybridized carbons (Fsp3) is 0. The number of nitrogens with zero attached hydrogens (tertiary/aromatic N) is 4. The number of fused-ring (bicyclic) bond motifs is 2. The van der Waals surface area contributed by atoms with Crippen molar-refractivity contribution in [1.29, 1.82) is 0 Å². The second-order valence-corrected chi connectivity index (χ2v) is 6.58. The van der Waals surface area contributed by atoms with Gasteiger partial charge in [-0.2, -0.15) is 5.10 Å². The number of benzene rings is 3. The Labute approximate surface area is 160 Å². The molecule has 0 atom stereocenters. The molecule has 6 heteroatoms. The van der Waals surface area contributed by atoms with Crippen LogP contribution in [0.4, 0.5) is 11.5 Å². The van der Waals surface area contributed by atoms with Crippen LogP contribution in [0.3, 0.4) is 0 Å². The van der Waals surface area contributed by atoms with Crippen LogP contribution in [-0.4, -0.2) is 19.7 Å². The minimum atomic E-state index is 0.683. The molecule has 0 radical (unpaired) electrons. The van der Waals surface area contributed by atoms with E-state index < -0.39 is 0 Å². The lowest BCUT2D eigenvalue weighted by Gasteiger charge is -2.10. The van der Waals surface area contributed by atoms with Crippen LogP contribution in [0, 0.1) is 0 Å². The maximum Gasteiger partial charge on any atom is 0.168 e. The molecular formula is C21H14ClN5. The highest BCUT2D eigenvalue weighted by Crippen LogP contribution is 2.29. The first-order valence-electron chi connectivity index (χ1n) is 8.49. The lowest BCUT2D eigenvalue weighted by atomic mass is 10.1. The highest BCUT2D eigenvalue weighted by atomic mass is 35.5. The summed E-state index contributed by atoms with van der Waals surface area (Å²) in [5.41, 5.74) is 2.62. The molecule has 0 spiro atoms. The summed E-state index contributed by atoms with van der Waals surface area (Å²) in [4.78, 5) is 8.85. The van der Waals surface area contributed by atoms with Crippen LogP contribution < -0.4 is 5.32 Å². The molecule has 2 aromatic heterocycles. The highest BCUT2D eigenvalue weighted by molar-refractivity contribution is 6.30. The Morgan fingerprint density at radius 3 is 2.52 bits per heavy atom. The Morgan fingerprint density at radius 1 is 0.815 bits per heavy atom. The number of rotatable bonds is 3. The number of hydrogen-bond donors (Lipinski definition) is 1. The molecule has 0 bridgehead atoms. The van der Waals surface area contributed by atoms with Crippen molar-refractivity contribution in [3.05, 3.63) is 84.3 Å². The van der Waals surface area contributed by atoms with Crippen molar-refractivity contribution < 1.29 is 0 Å². The average molecular weight is 372 g/mol. The van der Waals surface area contributed by atoms with Crippen molar-refractivity contribution in [2.45, 2.75) is 0 Å². The third-order valence-electron chi connectivity index (χ3n) is 4.48. The van der Waals surface area contributed by atoms with Gasteiger partial charge in [-0.25, -0.2) is 14.6 Å². The average Bonchev–Trinajstić information content (AvgIpc) is 3.14. The maximum absolute atomic E-state index is 5.99. The molecule has 0 amide bonds. The van der Waals surface area contributed by atoms with E-state index >= 15 is 0 Å². The second kappa shape index (κ2) is 6.37. The largest absolute Gasteiger partial charge is 0.339 e. The van der Waals surface area contributed by atoms with Gasteiger partial charge in [0.25, 0.3) is 0 Å². The molecule has 3 aromatic carbocycles. The van der Waals surface area contributed by atoms with E-state index in [9.17, 15) is 0 Å². The number of anilines is 2. The summed E-state index contributed by atoms with van der Waals surface area (Å²) in [6.45, 7) is 0. The summed E-state index contributed by atoms with van der Waals surface area (Å²) in [5.74, 6) is 0.719. The van der Waals surface area contributed by atoms with Gasteiger partial charge in [-0.1, -0.05) is 48.0 Å². The minimum absolute atomic E-state index is 0.683. The van der Waals surface area contributed by atoms with E-state index in [1.54, 1.807) is 17.2 Å². The number of nitrogens with one attached hydrogen (secondary N) is 1. The van der Waals surface area contributed by atoms with Gasteiger partial charge in [-0.15, -0.1) is 0 Å². The first-order chi connectivity index (χ1) is 13.3. The fourth-order valence-corrected chi connectivity index (χ4v) is 3.30. The normalized spacial score (nSPS) is 11.1. The summed E-state index contributed by atoms with van der Waals surface area (Å²) in [6.07, 6.45) is 3.32. The van der Waals surface area contributed by atoms with Gasteiger partial charge in [0.15, 0.2) is 5.65 Å². The van der Waals surface area contributed by atoms with Crippen LogP contribution in [0.5, 0.6) is 0 Å². The minimum Gasteiger partial charge on any atom is -0.339 e. The van der Waals surface area contributed by atoms with Crippen molar-refractivity contribution >= 4 is 44.9 Å². The topological polar surface area (TPSA) is 55.6 Å². The summed E-state index contributed by atoms with van der Waals surface area (Å²) in [7, 11) is 0. The van der Waals surface area contributed by atoms with Crippen LogP contribution in [0.15, 0.2) is 79.3 Å². The van der Waals surface area contributed by atoms with Gasteiger partial charge in [0.05, 0.1) is 17.3 Å². The van der Waals surface area contributed by atoms with Crippen molar-refractivity contribution in [3.8, 4) is 5.69 Å². The fourth-order valence-electron chi connectivity index (χ4n) is 3.18. The third kappa shape index (κ3) is 2.78. The van der Waals surface area contributed by atoms with E-state index in [1.807, 2.05) is 48.5 Å². The molecule has 27 heavy (non-hydrogen) atoms. The molecule has 130 valence electrons. The van der Waals surface area contributed by atoms with Gasteiger partial charge >= 0.3 is 0 Å². The van der Waals surface area contributed by atoms with E-state index in [4.69, 9.17) is 11.6 Å². The van der Waals surface area contributed by atoms with Crippen molar-refractivity contribution in [2.24, 2.45) is 0 Å². The molecular weight excluding hydrogens is 358 g/mol. The van der Waals surface area contributed by atoms with Crippen molar-refractivity contribution in [3.63, 3.8) is 0 Å². The third-order valence-corrected chi connectivity index (χ3v) is 4.73. The predicted octanol–water partition coefficient (Wildman–Crippen LogP) is 5.37. The lowest BCUT2D eigenvalue weighted by Crippen LogP contribution is -1.99. The molecule has 5 rings (SSSR count). The van der Waals surface area contributed by atoms with Crippen molar-refractivity contribution in [2.75, 3.05) is 5.32 Å². The quantitative estimate of drug-likeness (QED) is 0.463. The molecule has 0 aliphatic rings. The molecule has 1 N–H and O–H groups in total. The Morgan fingerprint density at radius 2 is 1.63 bits per heavy atom. The molecule has 0 unspecified atom stereocenters. The zero-order valence-corrected chi connectivity index (χ0v) is 14.9. The highest BCUT2D eigenvalue weighted by Gasteiger charge is 2.12. The molecule has 5 nitrogen and oxygen atoms in total. The maximum atomic E-state index is 5.99. The summed E-state index contributed by atoms with van der Waals surface area (Å²) >= 11 is 5.99. The number of aromatic nitrogens is 4. The van der Waals surface area contributed by atoms with E-state index in [0.29, 0.717) is 5.02 Å². The lowest BCUT2D eigenvalue weighted by molar-refractivity contribution is 0.895. The van der Waals surface area contributed by atoms with Gasteiger partial charge in [-0.3, -0.25) is 0 Å². The van der Waals surface area contributed by atoms with Crippen LogP contribution in [0.1, 0.15) is 0 Å². The van der Waals surface area contributed by atoms with Crippen molar-refractivity contribution in [1.82, 2.24) is 19.7 Å². The zero-order valence-electron chi connectivity index (χ0n) is 14.2. The predicted molar refractivity (Wildman–Crippen MR) is 109 cm³/mol. The first-order valence-corrected chi connectivity index (χ1v) is 8.87. The molecule has 2 heterocycles. The summed E-state index contributed by atoms with van der Waals surface area (Å²) < 4.78 is 1.78. The van der Waals surface area contributed by atoms with E-state index in [2.05, 4.69) is 38.6 Å². The monoisotopic (exact) mass is 371 g/mol. The van der Waals surface area contributed by atoms with Crippen LogP contribution >= 0.6 is 11.6 Å². The SMILES string of the molecule is Clc1ccc(-n2ncc3c(Nc4cccc5ccccc45)ncnc32)cc1. The van der Waals surface area contributed by atoms with Gasteiger partial charge in [0.2, 0.25) is 0 Å². The Bertz CT molecular complexity index is 1260. The summed E-state index contributed by atoms with van der Waals surface area (Å²) in [6, 6.07) is 21.9. The molecule has 5 aromatic rings. The molecule has 0 fully saturated rings. The molecule has 0 saturated carbocycles. The van der Waals surface area contributed by atoms with Gasteiger partial charge in [-0.05, 0) is 35.7 Å². The second-order valence-electron chi connectivity index (χ2n) is 6.14. The molecule has 0 aliphatic carbocycles. The Kier molecular flexibility index (Phi) is 3.73. The Balaban J connectivity index is 1.61. The van der Waals surface area contributed by atoms with E-state index in [1.165, 1.54) is 5.39 Å². The standard InChI is InChI=1S/C21H14ClN5/c22-15-8-10-16(11-9-15)27-21-18(12-25-27)20(23-13-24-21)26-19-7-3-5-14-4-1-2-6-17(14)19/h1-13H,(H,23,24,26). The molecule has 0 saturated heterocycles. The summed E-state index contributed by atoms with van der Waals surface area (Å²) in [5, 5.41) is 11.8.